The average Bonchev–Trinajstić information content (AvgIpc) is 2.04. The SMILES string of the molecule is Cc1ccc([N+](=O)[O-])c(Cl)c1CO. The Balaban J connectivity index is 3.35. The standard InChI is InChI=1S/C8H8ClNO3/c1-5-2-3-7(10(12)13)8(9)6(5)4-11/h2-3,11H,4H2,1H3. The molecule has 0 saturated carbocycles. The number of rotatable bonds is 2. The molecule has 0 bridgehead atoms. The first-order chi connectivity index (χ1) is 6.07. The maximum atomic E-state index is 10.4. The lowest BCUT2D eigenvalue weighted by Gasteiger charge is -2.04. The molecule has 0 radical (unpaired) electrons. The lowest BCUT2D eigenvalue weighted by Crippen LogP contribution is -1.95. The molecule has 1 rings (SSSR count). The summed E-state index contributed by atoms with van der Waals surface area (Å²) < 4.78 is 0. The van der Waals surface area contributed by atoms with Gasteiger partial charge < -0.3 is 5.11 Å². The fraction of sp³-hybridized carbons (Fsp3) is 0.250. The van der Waals surface area contributed by atoms with Crippen LogP contribution in [0.25, 0.3) is 0 Å². The molecule has 0 heterocycles. The van der Waals surface area contributed by atoms with Crippen molar-refractivity contribution in [2.45, 2.75) is 13.5 Å². The number of halogens is 1. The van der Waals surface area contributed by atoms with Gasteiger partial charge in [-0.2, -0.15) is 0 Å². The first-order valence-corrected chi connectivity index (χ1v) is 3.99. The van der Waals surface area contributed by atoms with Crippen molar-refractivity contribution in [3.05, 3.63) is 38.4 Å². The second-order valence-electron chi connectivity index (χ2n) is 2.61. The van der Waals surface area contributed by atoms with E-state index in [0.29, 0.717) is 5.56 Å². The van der Waals surface area contributed by atoms with E-state index in [4.69, 9.17) is 16.7 Å². The van der Waals surface area contributed by atoms with Crippen LogP contribution in [-0.4, -0.2) is 10.0 Å². The van der Waals surface area contributed by atoms with Crippen molar-refractivity contribution in [2.75, 3.05) is 0 Å². The molecule has 70 valence electrons. The Hall–Kier alpha value is -1.13. The van der Waals surface area contributed by atoms with Crippen LogP contribution in [0.4, 0.5) is 5.69 Å². The average molecular weight is 202 g/mol. The van der Waals surface area contributed by atoms with Gasteiger partial charge in [-0.3, -0.25) is 10.1 Å². The van der Waals surface area contributed by atoms with Gasteiger partial charge in [0.25, 0.3) is 5.69 Å². The first-order valence-electron chi connectivity index (χ1n) is 3.61. The van der Waals surface area contributed by atoms with Gasteiger partial charge in [0.15, 0.2) is 0 Å². The number of aryl methyl sites for hydroxylation is 1. The minimum absolute atomic E-state index is 0.0208. The summed E-state index contributed by atoms with van der Waals surface area (Å²) in [4.78, 5) is 9.87. The summed E-state index contributed by atoms with van der Waals surface area (Å²) in [7, 11) is 0. The monoisotopic (exact) mass is 201 g/mol. The van der Waals surface area contributed by atoms with Crippen molar-refractivity contribution in [2.24, 2.45) is 0 Å². The van der Waals surface area contributed by atoms with Crippen molar-refractivity contribution >= 4 is 17.3 Å². The topological polar surface area (TPSA) is 63.4 Å². The fourth-order valence-corrected chi connectivity index (χ4v) is 1.38. The smallest absolute Gasteiger partial charge is 0.288 e. The van der Waals surface area contributed by atoms with Crippen LogP contribution < -0.4 is 0 Å². The van der Waals surface area contributed by atoms with E-state index in [-0.39, 0.29) is 17.3 Å². The Morgan fingerprint density at radius 2 is 2.23 bits per heavy atom. The van der Waals surface area contributed by atoms with E-state index in [1.165, 1.54) is 6.07 Å². The summed E-state index contributed by atoms with van der Waals surface area (Å²) >= 11 is 5.71. The van der Waals surface area contributed by atoms with Crippen LogP contribution in [0, 0.1) is 17.0 Å². The third kappa shape index (κ3) is 1.79. The quantitative estimate of drug-likeness (QED) is 0.588. The van der Waals surface area contributed by atoms with Gasteiger partial charge in [-0.15, -0.1) is 0 Å². The van der Waals surface area contributed by atoms with Gasteiger partial charge in [0.2, 0.25) is 0 Å². The van der Waals surface area contributed by atoms with Crippen LogP contribution in [0.3, 0.4) is 0 Å². The number of hydrogen-bond acceptors (Lipinski definition) is 3. The molecule has 0 saturated heterocycles. The number of nitro benzene ring substituents is 1. The van der Waals surface area contributed by atoms with Crippen LogP contribution in [0.5, 0.6) is 0 Å². The maximum absolute atomic E-state index is 10.4. The van der Waals surface area contributed by atoms with Crippen molar-refractivity contribution in [3.8, 4) is 0 Å². The van der Waals surface area contributed by atoms with Crippen LogP contribution in [-0.2, 0) is 6.61 Å². The fourth-order valence-electron chi connectivity index (χ4n) is 1.04. The van der Waals surface area contributed by atoms with E-state index in [9.17, 15) is 10.1 Å². The molecule has 4 nitrogen and oxygen atoms in total. The Kier molecular flexibility index (Phi) is 2.85. The van der Waals surface area contributed by atoms with Crippen LogP contribution in [0.15, 0.2) is 12.1 Å². The molecule has 5 heteroatoms. The molecule has 0 fully saturated rings. The van der Waals surface area contributed by atoms with Crippen molar-refractivity contribution < 1.29 is 10.0 Å². The minimum atomic E-state index is -0.569. The van der Waals surface area contributed by atoms with E-state index in [1.807, 2.05) is 0 Å². The van der Waals surface area contributed by atoms with E-state index in [2.05, 4.69) is 0 Å². The third-order valence-corrected chi connectivity index (χ3v) is 2.23. The van der Waals surface area contributed by atoms with Gasteiger partial charge in [0.05, 0.1) is 11.5 Å². The second-order valence-corrected chi connectivity index (χ2v) is 2.99. The van der Waals surface area contributed by atoms with Crippen LogP contribution in [0.1, 0.15) is 11.1 Å². The van der Waals surface area contributed by atoms with Crippen molar-refractivity contribution in [1.82, 2.24) is 0 Å². The molecule has 1 aromatic carbocycles. The van der Waals surface area contributed by atoms with Gasteiger partial charge in [0, 0.05) is 11.6 Å². The Bertz CT molecular complexity index is 351. The number of aliphatic hydroxyl groups is 1. The summed E-state index contributed by atoms with van der Waals surface area (Å²) in [6.07, 6.45) is 0. The predicted octanol–water partition coefficient (Wildman–Crippen LogP) is 2.05. The van der Waals surface area contributed by atoms with Gasteiger partial charge >= 0.3 is 0 Å². The number of nitro groups is 1. The molecule has 0 atom stereocenters. The number of nitrogens with zero attached hydrogens (tertiary/aromatic N) is 1. The lowest BCUT2D eigenvalue weighted by molar-refractivity contribution is -0.384. The molecule has 1 N–H and O–H groups in total. The van der Waals surface area contributed by atoms with E-state index >= 15 is 0 Å². The second kappa shape index (κ2) is 3.72. The summed E-state index contributed by atoms with van der Waals surface area (Å²) in [6, 6.07) is 2.90. The molecule has 0 amide bonds. The molecule has 1 aromatic rings. The Morgan fingerprint density at radius 3 is 2.69 bits per heavy atom. The highest BCUT2D eigenvalue weighted by Crippen LogP contribution is 2.29. The van der Waals surface area contributed by atoms with Gasteiger partial charge in [0.1, 0.15) is 5.02 Å². The minimum Gasteiger partial charge on any atom is -0.392 e. The van der Waals surface area contributed by atoms with Gasteiger partial charge in [-0.1, -0.05) is 17.7 Å². The van der Waals surface area contributed by atoms with E-state index < -0.39 is 4.92 Å². The summed E-state index contributed by atoms with van der Waals surface area (Å²) in [5, 5.41) is 19.4. The Labute approximate surface area is 79.9 Å². The zero-order valence-corrected chi connectivity index (χ0v) is 7.71. The van der Waals surface area contributed by atoms with E-state index in [0.717, 1.165) is 5.56 Å². The molecule has 13 heavy (non-hydrogen) atoms. The molecule has 0 aromatic heterocycles. The number of benzene rings is 1. The summed E-state index contributed by atoms with van der Waals surface area (Å²) in [6.45, 7) is 1.45. The summed E-state index contributed by atoms with van der Waals surface area (Å²) in [5.41, 5.74) is 0.991. The Morgan fingerprint density at radius 1 is 1.62 bits per heavy atom. The zero-order valence-electron chi connectivity index (χ0n) is 6.95. The van der Waals surface area contributed by atoms with Gasteiger partial charge in [-0.25, -0.2) is 0 Å². The first kappa shape index (κ1) is 9.95. The molecule has 0 aliphatic heterocycles. The van der Waals surface area contributed by atoms with Gasteiger partial charge in [-0.05, 0) is 12.5 Å². The van der Waals surface area contributed by atoms with E-state index in [1.54, 1.807) is 13.0 Å². The normalized spacial score (nSPS) is 10.1. The molecule has 0 aliphatic rings. The largest absolute Gasteiger partial charge is 0.392 e. The number of hydrogen-bond donors (Lipinski definition) is 1. The summed E-state index contributed by atoms with van der Waals surface area (Å²) in [5.74, 6) is 0. The lowest BCUT2D eigenvalue weighted by atomic mass is 10.1. The molecule has 0 spiro atoms. The third-order valence-electron chi connectivity index (χ3n) is 1.81. The molecule has 0 unspecified atom stereocenters. The molecule has 0 aliphatic carbocycles. The molecular weight excluding hydrogens is 194 g/mol. The highest BCUT2D eigenvalue weighted by molar-refractivity contribution is 6.33. The number of aliphatic hydroxyl groups excluding tert-OH is 1. The highest BCUT2D eigenvalue weighted by atomic mass is 35.5. The van der Waals surface area contributed by atoms with Crippen molar-refractivity contribution in [1.29, 1.82) is 0 Å². The van der Waals surface area contributed by atoms with Crippen LogP contribution >= 0.6 is 11.6 Å². The maximum Gasteiger partial charge on any atom is 0.288 e. The van der Waals surface area contributed by atoms with Crippen LogP contribution in [0.2, 0.25) is 5.02 Å². The highest BCUT2D eigenvalue weighted by Gasteiger charge is 2.16. The zero-order chi connectivity index (χ0) is 10.0. The molecular formula is C8H8ClNO3. The predicted molar refractivity (Wildman–Crippen MR) is 48.8 cm³/mol. The van der Waals surface area contributed by atoms with Crippen molar-refractivity contribution in [3.63, 3.8) is 0 Å².